The normalized spacial score (nSPS) is 10.5. The average molecular weight is 341 g/mol. The number of H-pyrrole nitrogens is 1. The maximum Gasteiger partial charge on any atom is 0.251 e. The monoisotopic (exact) mass is 341 g/mol. The summed E-state index contributed by atoms with van der Waals surface area (Å²) in [7, 11) is 4.53. The lowest BCUT2D eigenvalue weighted by atomic mass is 10.1. The Balaban J connectivity index is 1.78. The van der Waals surface area contributed by atoms with Gasteiger partial charge < -0.3 is 24.5 Å². The molecule has 0 spiro atoms. The highest BCUT2D eigenvalue weighted by molar-refractivity contribution is 5.95. The van der Waals surface area contributed by atoms with Gasteiger partial charge in [-0.05, 0) is 24.3 Å². The van der Waals surface area contributed by atoms with Gasteiger partial charge in [-0.15, -0.1) is 0 Å². The number of imidazole rings is 1. The molecule has 0 saturated carbocycles. The van der Waals surface area contributed by atoms with E-state index in [9.17, 15) is 4.79 Å². The minimum absolute atomic E-state index is 0.264. The van der Waals surface area contributed by atoms with E-state index in [1.165, 1.54) is 21.3 Å². The van der Waals surface area contributed by atoms with E-state index in [-0.39, 0.29) is 12.5 Å². The van der Waals surface area contributed by atoms with Gasteiger partial charge in [-0.2, -0.15) is 0 Å². The number of methoxy groups -OCH3 is 3. The molecule has 0 atom stereocenters. The first-order chi connectivity index (χ1) is 12.2. The Morgan fingerprint density at radius 3 is 2.36 bits per heavy atom. The van der Waals surface area contributed by atoms with Crippen molar-refractivity contribution in [1.82, 2.24) is 15.3 Å². The number of hydrogen-bond acceptors (Lipinski definition) is 5. The average Bonchev–Trinajstić information content (AvgIpc) is 3.07. The highest BCUT2D eigenvalue weighted by Gasteiger charge is 2.17. The second kappa shape index (κ2) is 7.12. The fourth-order valence-electron chi connectivity index (χ4n) is 2.57. The third-order valence-electron chi connectivity index (χ3n) is 3.78. The molecule has 3 aromatic rings. The van der Waals surface area contributed by atoms with E-state index in [4.69, 9.17) is 14.2 Å². The van der Waals surface area contributed by atoms with Crippen molar-refractivity contribution in [2.75, 3.05) is 21.3 Å². The molecule has 2 aromatic carbocycles. The molecule has 0 bridgehead atoms. The molecule has 0 aliphatic carbocycles. The van der Waals surface area contributed by atoms with Gasteiger partial charge in [0.1, 0.15) is 5.82 Å². The van der Waals surface area contributed by atoms with Gasteiger partial charge in [0.15, 0.2) is 11.5 Å². The first-order valence-electron chi connectivity index (χ1n) is 7.68. The van der Waals surface area contributed by atoms with Gasteiger partial charge in [0.2, 0.25) is 5.75 Å². The number of aromatic amines is 1. The van der Waals surface area contributed by atoms with E-state index in [0.717, 1.165) is 11.0 Å². The molecule has 0 radical (unpaired) electrons. The van der Waals surface area contributed by atoms with Crippen LogP contribution in [0.25, 0.3) is 11.0 Å². The quantitative estimate of drug-likeness (QED) is 0.719. The fraction of sp³-hybridized carbons (Fsp3) is 0.222. The van der Waals surface area contributed by atoms with Crippen molar-refractivity contribution in [2.24, 2.45) is 0 Å². The first kappa shape index (κ1) is 16.6. The number of benzene rings is 2. The molecule has 2 N–H and O–H groups in total. The zero-order chi connectivity index (χ0) is 17.8. The summed E-state index contributed by atoms with van der Waals surface area (Å²) in [5, 5.41) is 2.83. The third-order valence-corrected chi connectivity index (χ3v) is 3.78. The van der Waals surface area contributed by atoms with Crippen molar-refractivity contribution in [1.29, 1.82) is 0 Å². The summed E-state index contributed by atoms with van der Waals surface area (Å²) in [6.45, 7) is 0.282. The second-order valence-corrected chi connectivity index (χ2v) is 5.30. The second-order valence-electron chi connectivity index (χ2n) is 5.30. The van der Waals surface area contributed by atoms with Crippen molar-refractivity contribution in [3.05, 3.63) is 47.8 Å². The molecule has 1 heterocycles. The Morgan fingerprint density at radius 1 is 1.08 bits per heavy atom. The summed E-state index contributed by atoms with van der Waals surface area (Å²) >= 11 is 0. The van der Waals surface area contributed by atoms with E-state index in [1.807, 2.05) is 24.3 Å². The van der Waals surface area contributed by atoms with Crippen molar-refractivity contribution in [3.8, 4) is 17.2 Å². The lowest BCUT2D eigenvalue weighted by Gasteiger charge is -2.13. The number of aromatic nitrogens is 2. The van der Waals surface area contributed by atoms with Crippen LogP contribution in [-0.2, 0) is 6.54 Å². The fourth-order valence-corrected chi connectivity index (χ4v) is 2.57. The largest absolute Gasteiger partial charge is 0.493 e. The molecule has 0 aliphatic heterocycles. The van der Waals surface area contributed by atoms with Gasteiger partial charge in [0.05, 0.1) is 38.9 Å². The van der Waals surface area contributed by atoms with Crippen LogP contribution in [-0.4, -0.2) is 37.2 Å². The number of carbonyl (C=O) groups is 1. The molecule has 0 saturated heterocycles. The zero-order valence-corrected chi connectivity index (χ0v) is 14.3. The van der Waals surface area contributed by atoms with Gasteiger partial charge in [-0.25, -0.2) is 4.98 Å². The number of carbonyl (C=O) groups excluding carboxylic acids is 1. The molecule has 130 valence electrons. The summed E-state index contributed by atoms with van der Waals surface area (Å²) in [5.74, 6) is 1.71. The van der Waals surface area contributed by atoms with E-state index in [0.29, 0.717) is 28.6 Å². The Labute approximate surface area is 144 Å². The number of fused-ring (bicyclic) bond motifs is 1. The van der Waals surface area contributed by atoms with Crippen LogP contribution >= 0.6 is 0 Å². The zero-order valence-electron chi connectivity index (χ0n) is 14.3. The summed E-state index contributed by atoms with van der Waals surface area (Å²) in [4.78, 5) is 20.1. The van der Waals surface area contributed by atoms with Gasteiger partial charge in [0.25, 0.3) is 5.91 Å². The molecular formula is C18H19N3O4. The van der Waals surface area contributed by atoms with Crippen molar-refractivity contribution < 1.29 is 19.0 Å². The molecule has 0 unspecified atom stereocenters. The molecule has 25 heavy (non-hydrogen) atoms. The van der Waals surface area contributed by atoms with Crippen molar-refractivity contribution in [2.45, 2.75) is 6.54 Å². The molecule has 3 rings (SSSR count). The van der Waals surface area contributed by atoms with Gasteiger partial charge in [-0.1, -0.05) is 12.1 Å². The molecule has 0 aliphatic rings. The Morgan fingerprint density at radius 2 is 1.76 bits per heavy atom. The van der Waals surface area contributed by atoms with Gasteiger partial charge in [0, 0.05) is 5.56 Å². The van der Waals surface area contributed by atoms with Crippen molar-refractivity contribution >= 4 is 16.9 Å². The van der Waals surface area contributed by atoms with Gasteiger partial charge in [-0.3, -0.25) is 4.79 Å². The molecule has 1 amide bonds. The number of nitrogens with zero attached hydrogens (tertiary/aromatic N) is 1. The van der Waals surface area contributed by atoms with E-state index in [1.54, 1.807) is 12.1 Å². The first-order valence-corrected chi connectivity index (χ1v) is 7.68. The van der Waals surface area contributed by atoms with E-state index in [2.05, 4.69) is 15.3 Å². The molecule has 7 heteroatoms. The summed E-state index contributed by atoms with van der Waals surface area (Å²) < 4.78 is 15.8. The lowest BCUT2D eigenvalue weighted by molar-refractivity contribution is 0.0949. The number of para-hydroxylation sites is 2. The highest BCUT2D eigenvalue weighted by Crippen LogP contribution is 2.38. The number of amides is 1. The molecular weight excluding hydrogens is 322 g/mol. The molecule has 0 fully saturated rings. The van der Waals surface area contributed by atoms with E-state index >= 15 is 0 Å². The standard InChI is InChI=1S/C18H19N3O4/c1-23-14-8-11(9-15(24-2)17(14)25-3)18(22)19-10-16-20-12-6-4-5-7-13(12)21-16/h4-9H,10H2,1-3H3,(H,19,22)(H,20,21). The van der Waals surface area contributed by atoms with E-state index < -0.39 is 0 Å². The van der Waals surface area contributed by atoms with Crippen LogP contribution in [0.4, 0.5) is 0 Å². The van der Waals surface area contributed by atoms with Crippen molar-refractivity contribution in [3.63, 3.8) is 0 Å². The number of hydrogen-bond donors (Lipinski definition) is 2. The molecule has 7 nitrogen and oxygen atoms in total. The maximum absolute atomic E-state index is 12.5. The minimum atomic E-state index is -0.264. The SMILES string of the molecule is COc1cc(C(=O)NCc2nc3ccccc3[nH]2)cc(OC)c1OC. The highest BCUT2D eigenvalue weighted by atomic mass is 16.5. The predicted octanol–water partition coefficient (Wildman–Crippen LogP) is 2.52. The smallest absolute Gasteiger partial charge is 0.251 e. The number of rotatable bonds is 6. The van der Waals surface area contributed by atoms with Crippen LogP contribution in [0.5, 0.6) is 17.2 Å². The van der Waals surface area contributed by atoms with Crippen LogP contribution in [0, 0.1) is 0 Å². The Kier molecular flexibility index (Phi) is 4.74. The Hall–Kier alpha value is -3.22. The summed E-state index contributed by atoms with van der Waals surface area (Å²) in [5.41, 5.74) is 2.20. The maximum atomic E-state index is 12.5. The van der Waals surface area contributed by atoms with Gasteiger partial charge >= 0.3 is 0 Å². The van der Waals surface area contributed by atoms with Crippen LogP contribution < -0.4 is 19.5 Å². The van der Waals surface area contributed by atoms with Crippen LogP contribution in [0.2, 0.25) is 0 Å². The third kappa shape index (κ3) is 3.35. The van der Waals surface area contributed by atoms with Crippen LogP contribution in [0.1, 0.15) is 16.2 Å². The van der Waals surface area contributed by atoms with Crippen LogP contribution in [0.15, 0.2) is 36.4 Å². The number of nitrogens with one attached hydrogen (secondary N) is 2. The predicted molar refractivity (Wildman–Crippen MR) is 93.4 cm³/mol. The molecule has 1 aromatic heterocycles. The lowest BCUT2D eigenvalue weighted by Crippen LogP contribution is -2.23. The van der Waals surface area contributed by atoms with Crippen LogP contribution in [0.3, 0.4) is 0 Å². The Bertz CT molecular complexity index is 846. The summed E-state index contributed by atoms with van der Waals surface area (Å²) in [6.07, 6.45) is 0. The summed E-state index contributed by atoms with van der Waals surface area (Å²) in [6, 6.07) is 10.9. The topological polar surface area (TPSA) is 85.5 Å². The minimum Gasteiger partial charge on any atom is -0.493 e. The number of ether oxygens (including phenoxy) is 3.